The molecule has 136 valence electrons. The number of carbonyl (C=O) groups is 3. The van der Waals surface area contributed by atoms with Crippen LogP contribution >= 0.6 is 23.2 Å². The SMILES string of the molecule is CN(C)C(=O)c1ccc(NC(=O)COC(=O)c2c(Cl)cccc2Cl)cc1. The number of nitrogens with one attached hydrogen (secondary N) is 1. The van der Waals surface area contributed by atoms with Gasteiger partial charge in [-0.3, -0.25) is 9.59 Å². The van der Waals surface area contributed by atoms with Crippen LogP contribution in [0.15, 0.2) is 42.5 Å². The van der Waals surface area contributed by atoms with Gasteiger partial charge in [0.2, 0.25) is 0 Å². The Labute approximate surface area is 160 Å². The van der Waals surface area contributed by atoms with Crippen LogP contribution in [0.25, 0.3) is 0 Å². The number of halogens is 2. The number of nitrogens with zero attached hydrogens (tertiary/aromatic N) is 1. The lowest BCUT2D eigenvalue weighted by molar-refractivity contribution is -0.119. The molecule has 0 heterocycles. The molecule has 2 aromatic carbocycles. The standard InChI is InChI=1S/C18H16Cl2N2O4/c1-22(2)17(24)11-6-8-12(9-7-11)21-15(23)10-26-18(25)16-13(19)4-3-5-14(16)20/h3-9H,10H2,1-2H3,(H,21,23). The number of esters is 1. The quantitative estimate of drug-likeness (QED) is 0.787. The summed E-state index contributed by atoms with van der Waals surface area (Å²) in [4.78, 5) is 37.2. The van der Waals surface area contributed by atoms with Gasteiger partial charge in [-0.15, -0.1) is 0 Å². The Morgan fingerprint density at radius 1 is 1.00 bits per heavy atom. The maximum Gasteiger partial charge on any atom is 0.341 e. The smallest absolute Gasteiger partial charge is 0.341 e. The molecule has 0 bridgehead atoms. The van der Waals surface area contributed by atoms with E-state index in [4.69, 9.17) is 27.9 Å². The summed E-state index contributed by atoms with van der Waals surface area (Å²) in [5.74, 6) is -1.47. The van der Waals surface area contributed by atoms with Gasteiger partial charge in [-0.05, 0) is 36.4 Å². The minimum absolute atomic E-state index is 0.00943. The normalized spacial score (nSPS) is 10.2. The van der Waals surface area contributed by atoms with E-state index in [2.05, 4.69) is 5.32 Å². The Hall–Kier alpha value is -2.57. The number of hydrogen-bond acceptors (Lipinski definition) is 4. The van der Waals surface area contributed by atoms with Gasteiger partial charge in [0.1, 0.15) is 0 Å². The number of benzene rings is 2. The van der Waals surface area contributed by atoms with Crippen LogP contribution in [-0.4, -0.2) is 43.4 Å². The summed E-state index contributed by atoms with van der Waals surface area (Å²) < 4.78 is 4.94. The fourth-order valence-electron chi connectivity index (χ4n) is 2.05. The van der Waals surface area contributed by atoms with Crippen LogP contribution in [0.1, 0.15) is 20.7 Å². The van der Waals surface area contributed by atoms with Gasteiger partial charge in [0.25, 0.3) is 11.8 Å². The topological polar surface area (TPSA) is 75.7 Å². The van der Waals surface area contributed by atoms with Crippen molar-refractivity contribution in [2.24, 2.45) is 0 Å². The molecule has 0 aromatic heterocycles. The molecule has 2 rings (SSSR count). The van der Waals surface area contributed by atoms with Gasteiger partial charge < -0.3 is 15.0 Å². The van der Waals surface area contributed by atoms with Crippen LogP contribution in [0.2, 0.25) is 10.0 Å². The lowest BCUT2D eigenvalue weighted by Gasteiger charge is -2.11. The zero-order valence-corrected chi connectivity index (χ0v) is 15.6. The minimum Gasteiger partial charge on any atom is -0.452 e. The molecule has 26 heavy (non-hydrogen) atoms. The molecule has 2 amide bonds. The molecular weight excluding hydrogens is 379 g/mol. The van der Waals surface area contributed by atoms with E-state index in [-0.39, 0.29) is 21.5 Å². The van der Waals surface area contributed by atoms with Crippen LogP contribution in [0, 0.1) is 0 Å². The monoisotopic (exact) mass is 394 g/mol. The van der Waals surface area contributed by atoms with E-state index >= 15 is 0 Å². The molecule has 1 N–H and O–H groups in total. The number of ether oxygens (including phenoxy) is 1. The third kappa shape index (κ3) is 4.97. The molecule has 0 aliphatic carbocycles. The maximum absolute atomic E-state index is 12.0. The second kappa shape index (κ2) is 8.69. The Bertz CT molecular complexity index is 815. The van der Waals surface area contributed by atoms with Gasteiger partial charge in [0.05, 0.1) is 15.6 Å². The Kier molecular flexibility index (Phi) is 6.60. The Morgan fingerprint density at radius 3 is 2.12 bits per heavy atom. The van der Waals surface area contributed by atoms with E-state index in [0.717, 1.165) is 0 Å². The van der Waals surface area contributed by atoms with Gasteiger partial charge in [-0.2, -0.15) is 0 Å². The molecular formula is C18H16Cl2N2O4. The third-order valence-electron chi connectivity index (χ3n) is 3.32. The van der Waals surface area contributed by atoms with E-state index in [1.54, 1.807) is 44.4 Å². The number of carbonyl (C=O) groups excluding carboxylic acids is 3. The average molecular weight is 395 g/mol. The number of rotatable bonds is 5. The summed E-state index contributed by atoms with van der Waals surface area (Å²) in [6, 6.07) is 10.9. The van der Waals surface area contributed by atoms with Crippen molar-refractivity contribution in [1.82, 2.24) is 4.90 Å². The summed E-state index contributed by atoms with van der Waals surface area (Å²) in [5, 5.41) is 2.85. The highest BCUT2D eigenvalue weighted by molar-refractivity contribution is 6.39. The van der Waals surface area contributed by atoms with Crippen LogP contribution < -0.4 is 5.32 Å². The fraction of sp³-hybridized carbons (Fsp3) is 0.167. The molecule has 2 aromatic rings. The van der Waals surface area contributed by atoms with Crippen molar-refractivity contribution in [1.29, 1.82) is 0 Å². The second-order valence-electron chi connectivity index (χ2n) is 5.50. The van der Waals surface area contributed by atoms with Crippen molar-refractivity contribution >= 4 is 46.7 Å². The van der Waals surface area contributed by atoms with Crippen molar-refractivity contribution in [2.45, 2.75) is 0 Å². The summed E-state index contributed by atoms with van der Waals surface area (Å²) in [5.41, 5.74) is 0.972. The van der Waals surface area contributed by atoms with Gasteiger partial charge >= 0.3 is 5.97 Å². The van der Waals surface area contributed by atoms with Crippen LogP contribution in [0.5, 0.6) is 0 Å². The molecule has 0 saturated carbocycles. The molecule has 0 aliphatic rings. The first kappa shape index (κ1) is 19.8. The first-order valence-electron chi connectivity index (χ1n) is 7.52. The summed E-state index contributed by atoms with van der Waals surface area (Å²) in [7, 11) is 3.30. The zero-order valence-electron chi connectivity index (χ0n) is 14.1. The number of hydrogen-bond donors (Lipinski definition) is 1. The van der Waals surface area contributed by atoms with Crippen molar-refractivity contribution < 1.29 is 19.1 Å². The lowest BCUT2D eigenvalue weighted by atomic mass is 10.2. The van der Waals surface area contributed by atoms with Crippen molar-refractivity contribution in [3.8, 4) is 0 Å². The van der Waals surface area contributed by atoms with Gasteiger partial charge in [-0.1, -0.05) is 29.3 Å². The highest BCUT2D eigenvalue weighted by Crippen LogP contribution is 2.24. The third-order valence-corrected chi connectivity index (χ3v) is 3.95. The van der Waals surface area contributed by atoms with Crippen molar-refractivity contribution in [2.75, 3.05) is 26.0 Å². The van der Waals surface area contributed by atoms with Crippen molar-refractivity contribution in [3.63, 3.8) is 0 Å². The largest absolute Gasteiger partial charge is 0.452 e. The number of amides is 2. The first-order valence-corrected chi connectivity index (χ1v) is 8.28. The van der Waals surface area contributed by atoms with E-state index in [1.165, 1.54) is 17.0 Å². The maximum atomic E-state index is 12.0. The molecule has 0 atom stereocenters. The summed E-state index contributed by atoms with van der Waals surface area (Å²) in [6.45, 7) is -0.501. The van der Waals surface area contributed by atoms with Crippen LogP contribution in [-0.2, 0) is 9.53 Å². The molecule has 8 heteroatoms. The highest BCUT2D eigenvalue weighted by Gasteiger charge is 2.17. The second-order valence-corrected chi connectivity index (χ2v) is 6.31. The molecule has 0 fully saturated rings. The van der Waals surface area contributed by atoms with E-state index in [0.29, 0.717) is 11.3 Å². The zero-order chi connectivity index (χ0) is 19.3. The van der Waals surface area contributed by atoms with E-state index in [9.17, 15) is 14.4 Å². The highest BCUT2D eigenvalue weighted by atomic mass is 35.5. The van der Waals surface area contributed by atoms with Gasteiger partial charge in [0, 0.05) is 25.3 Å². The lowest BCUT2D eigenvalue weighted by Crippen LogP contribution is -2.22. The first-order chi connectivity index (χ1) is 12.3. The average Bonchev–Trinajstić information content (AvgIpc) is 2.59. The molecule has 0 unspecified atom stereocenters. The molecule has 0 saturated heterocycles. The molecule has 0 radical (unpaired) electrons. The molecule has 0 aliphatic heterocycles. The van der Waals surface area contributed by atoms with Crippen molar-refractivity contribution in [3.05, 3.63) is 63.6 Å². The fourth-order valence-corrected chi connectivity index (χ4v) is 2.60. The van der Waals surface area contributed by atoms with E-state index < -0.39 is 18.5 Å². The minimum atomic E-state index is -0.789. The van der Waals surface area contributed by atoms with Gasteiger partial charge in [0.15, 0.2) is 6.61 Å². The molecule has 6 nitrogen and oxygen atoms in total. The van der Waals surface area contributed by atoms with Gasteiger partial charge in [-0.25, -0.2) is 4.79 Å². The van der Waals surface area contributed by atoms with E-state index in [1.807, 2.05) is 0 Å². The van der Waals surface area contributed by atoms with Crippen LogP contribution in [0.3, 0.4) is 0 Å². The Morgan fingerprint density at radius 2 is 1.58 bits per heavy atom. The predicted molar refractivity (Wildman–Crippen MR) is 99.8 cm³/mol. The molecule has 0 spiro atoms. The summed E-state index contributed by atoms with van der Waals surface area (Å²) >= 11 is 11.8. The number of anilines is 1. The summed E-state index contributed by atoms with van der Waals surface area (Å²) in [6.07, 6.45) is 0. The Balaban J connectivity index is 1.93. The van der Waals surface area contributed by atoms with Crippen LogP contribution in [0.4, 0.5) is 5.69 Å². The predicted octanol–water partition coefficient (Wildman–Crippen LogP) is 3.49.